The lowest BCUT2D eigenvalue weighted by Crippen LogP contribution is -2.25. The van der Waals surface area contributed by atoms with E-state index in [1.54, 1.807) is 31.4 Å². The molecule has 9 heteroatoms. The molecule has 3 rings (SSSR count). The molecule has 0 aliphatic carbocycles. The summed E-state index contributed by atoms with van der Waals surface area (Å²) in [4.78, 5) is 24.7. The molecule has 2 atom stereocenters. The SMILES string of the molecule is CCC(Sc1nnc(C(C)Oc2ccccc2OC)n1C(C)C)C(=O)Nc1cccc(C(C)=O)c1. The Morgan fingerprint density at radius 2 is 1.77 bits per heavy atom. The third-order valence-electron chi connectivity index (χ3n) is 5.39. The summed E-state index contributed by atoms with van der Waals surface area (Å²) < 4.78 is 13.5. The molecule has 0 fully saturated rings. The van der Waals surface area contributed by atoms with Crippen LogP contribution in [0.5, 0.6) is 11.5 Å². The number of nitrogens with one attached hydrogen (secondary N) is 1. The van der Waals surface area contributed by atoms with Crippen molar-refractivity contribution < 1.29 is 19.1 Å². The lowest BCUT2D eigenvalue weighted by molar-refractivity contribution is -0.115. The van der Waals surface area contributed by atoms with Gasteiger partial charge in [0.25, 0.3) is 0 Å². The number of ketones is 1. The molecule has 1 aromatic heterocycles. The second-order valence-electron chi connectivity index (χ2n) is 8.36. The third-order valence-corrected chi connectivity index (χ3v) is 6.71. The Labute approximate surface area is 210 Å². The zero-order chi connectivity index (χ0) is 25.5. The lowest BCUT2D eigenvalue weighted by Gasteiger charge is -2.21. The van der Waals surface area contributed by atoms with Crippen molar-refractivity contribution in [3.63, 3.8) is 0 Å². The molecule has 0 aliphatic heterocycles. The van der Waals surface area contributed by atoms with Gasteiger partial charge >= 0.3 is 0 Å². The van der Waals surface area contributed by atoms with Crippen LogP contribution in [0.25, 0.3) is 0 Å². The first-order valence-electron chi connectivity index (χ1n) is 11.6. The quantitative estimate of drug-likeness (QED) is 0.268. The monoisotopic (exact) mass is 496 g/mol. The van der Waals surface area contributed by atoms with E-state index in [9.17, 15) is 9.59 Å². The predicted octanol–water partition coefficient (Wildman–Crippen LogP) is 5.72. The molecule has 0 radical (unpaired) electrons. The standard InChI is InChI=1S/C26H32N4O4S/c1-7-23(25(32)27-20-12-10-11-19(15-20)17(4)31)35-26-29-28-24(30(26)16(2)3)18(5)34-22-14-9-8-13-21(22)33-6/h8-16,18,23H,7H2,1-6H3,(H,27,32). The number of methoxy groups -OCH3 is 1. The molecule has 35 heavy (non-hydrogen) atoms. The summed E-state index contributed by atoms with van der Waals surface area (Å²) in [7, 11) is 1.60. The maximum atomic E-state index is 13.0. The van der Waals surface area contributed by atoms with Crippen LogP contribution >= 0.6 is 11.8 Å². The van der Waals surface area contributed by atoms with Gasteiger partial charge in [0.2, 0.25) is 5.91 Å². The van der Waals surface area contributed by atoms with Crippen LogP contribution in [0.2, 0.25) is 0 Å². The molecule has 1 amide bonds. The highest BCUT2D eigenvalue weighted by Crippen LogP contribution is 2.33. The second kappa shape index (κ2) is 11.9. The largest absolute Gasteiger partial charge is 0.493 e. The molecular weight excluding hydrogens is 464 g/mol. The number of hydrogen-bond acceptors (Lipinski definition) is 7. The van der Waals surface area contributed by atoms with Crippen molar-refractivity contribution >= 4 is 29.1 Å². The van der Waals surface area contributed by atoms with Crippen LogP contribution in [0.1, 0.15) is 69.4 Å². The van der Waals surface area contributed by atoms with Gasteiger partial charge in [0.15, 0.2) is 34.4 Å². The fourth-order valence-electron chi connectivity index (χ4n) is 3.58. The lowest BCUT2D eigenvalue weighted by atomic mass is 10.1. The number of thioether (sulfide) groups is 1. The summed E-state index contributed by atoms with van der Waals surface area (Å²) in [6.07, 6.45) is 0.204. The van der Waals surface area contributed by atoms with E-state index >= 15 is 0 Å². The molecule has 0 spiro atoms. The van der Waals surface area contributed by atoms with Crippen LogP contribution in [0.3, 0.4) is 0 Å². The van der Waals surface area contributed by atoms with Crippen molar-refractivity contribution in [3.05, 3.63) is 59.9 Å². The smallest absolute Gasteiger partial charge is 0.237 e. The number of Topliss-reactive ketones (excluding diaryl/α,β-unsaturated/α-hetero) is 1. The first kappa shape index (κ1) is 26.3. The Bertz CT molecular complexity index is 1180. The van der Waals surface area contributed by atoms with Crippen LogP contribution < -0.4 is 14.8 Å². The second-order valence-corrected chi connectivity index (χ2v) is 9.53. The molecule has 1 N–H and O–H groups in total. The topological polar surface area (TPSA) is 95.3 Å². The average molecular weight is 497 g/mol. The number of carbonyl (C=O) groups excluding carboxylic acids is 2. The van der Waals surface area contributed by atoms with E-state index in [4.69, 9.17) is 9.47 Å². The average Bonchev–Trinajstić information content (AvgIpc) is 3.27. The van der Waals surface area contributed by atoms with Gasteiger partial charge in [-0.05, 0) is 58.4 Å². The zero-order valence-corrected chi connectivity index (χ0v) is 21.8. The molecule has 0 aliphatic rings. The van der Waals surface area contributed by atoms with Gasteiger partial charge in [-0.3, -0.25) is 9.59 Å². The highest BCUT2D eigenvalue weighted by Gasteiger charge is 2.26. The number of ether oxygens (including phenoxy) is 2. The normalized spacial score (nSPS) is 12.8. The summed E-state index contributed by atoms with van der Waals surface area (Å²) in [6, 6.07) is 14.4. The van der Waals surface area contributed by atoms with E-state index in [-0.39, 0.29) is 17.7 Å². The number of hydrogen-bond donors (Lipinski definition) is 1. The van der Waals surface area contributed by atoms with Gasteiger partial charge in [-0.1, -0.05) is 43.0 Å². The Balaban J connectivity index is 1.79. The van der Waals surface area contributed by atoms with Gasteiger partial charge < -0.3 is 19.4 Å². The Kier molecular flexibility index (Phi) is 8.92. The first-order valence-corrected chi connectivity index (χ1v) is 12.5. The Morgan fingerprint density at radius 1 is 1.06 bits per heavy atom. The molecule has 186 valence electrons. The summed E-state index contributed by atoms with van der Waals surface area (Å²) in [5.74, 6) is 1.72. The molecular formula is C26H32N4O4S. The molecule has 0 saturated heterocycles. The van der Waals surface area contributed by atoms with Gasteiger partial charge in [-0.25, -0.2) is 0 Å². The van der Waals surface area contributed by atoms with Crippen LogP contribution in [0.4, 0.5) is 5.69 Å². The van der Waals surface area contributed by atoms with Crippen molar-refractivity contribution in [1.29, 1.82) is 0 Å². The molecule has 1 heterocycles. The molecule has 0 bridgehead atoms. The van der Waals surface area contributed by atoms with Crippen LogP contribution in [0, 0.1) is 0 Å². The Morgan fingerprint density at radius 3 is 2.40 bits per heavy atom. The van der Waals surface area contributed by atoms with E-state index in [2.05, 4.69) is 15.5 Å². The molecule has 0 saturated carbocycles. The molecule has 8 nitrogen and oxygen atoms in total. The van der Waals surface area contributed by atoms with E-state index in [0.717, 1.165) is 0 Å². The third kappa shape index (κ3) is 6.42. The van der Waals surface area contributed by atoms with Crippen LogP contribution in [0.15, 0.2) is 53.7 Å². The van der Waals surface area contributed by atoms with E-state index in [0.29, 0.717) is 40.2 Å². The minimum absolute atomic E-state index is 0.0514. The Hall–Kier alpha value is -3.33. The van der Waals surface area contributed by atoms with Crippen LogP contribution in [-0.4, -0.2) is 38.8 Å². The first-order chi connectivity index (χ1) is 16.7. The molecule has 3 aromatic rings. The minimum atomic E-state index is -0.393. The number of rotatable bonds is 11. The van der Waals surface area contributed by atoms with E-state index in [1.807, 2.05) is 56.5 Å². The fourth-order valence-corrected chi connectivity index (χ4v) is 4.67. The van der Waals surface area contributed by atoms with E-state index in [1.165, 1.54) is 18.7 Å². The number of amides is 1. The highest BCUT2D eigenvalue weighted by molar-refractivity contribution is 8.00. The van der Waals surface area contributed by atoms with Crippen molar-refractivity contribution in [2.24, 2.45) is 0 Å². The van der Waals surface area contributed by atoms with Crippen molar-refractivity contribution in [2.45, 2.75) is 63.6 Å². The fraction of sp³-hybridized carbons (Fsp3) is 0.385. The van der Waals surface area contributed by atoms with Gasteiger partial charge in [0.1, 0.15) is 0 Å². The van der Waals surface area contributed by atoms with Crippen molar-refractivity contribution in [3.8, 4) is 11.5 Å². The van der Waals surface area contributed by atoms with Gasteiger partial charge in [-0.2, -0.15) is 0 Å². The number of para-hydroxylation sites is 2. The maximum absolute atomic E-state index is 13.0. The summed E-state index contributed by atoms with van der Waals surface area (Å²) in [6.45, 7) is 9.45. The van der Waals surface area contributed by atoms with E-state index < -0.39 is 11.4 Å². The van der Waals surface area contributed by atoms with Crippen LogP contribution in [-0.2, 0) is 4.79 Å². The van der Waals surface area contributed by atoms with Crippen molar-refractivity contribution in [1.82, 2.24) is 14.8 Å². The number of aromatic nitrogens is 3. The number of nitrogens with zero attached hydrogens (tertiary/aromatic N) is 3. The van der Waals surface area contributed by atoms with Gasteiger partial charge in [0.05, 0.1) is 12.4 Å². The van der Waals surface area contributed by atoms with Crippen molar-refractivity contribution in [2.75, 3.05) is 12.4 Å². The highest BCUT2D eigenvalue weighted by atomic mass is 32.2. The number of benzene rings is 2. The summed E-state index contributed by atoms with van der Waals surface area (Å²) >= 11 is 1.36. The number of carbonyl (C=O) groups is 2. The predicted molar refractivity (Wildman–Crippen MR) is 137 cm³/mol. The summed E-state index contributed by atoms with van der Waals surface area (Å²) in [5, 5.41) is 12.0. The maximum Gasteiger partial charge on any atom is 0.237 e. The molecule has 2 aromatic carbocycles. The number of anilines is 1. The summed E-state index contributed by atoms with van der Waals surface area (Å²) in [5.41, 5.74) is 1.14. The zero-order valence-electron chi connectivity index (χ0n) is 20.9. The van der Waals surface area contributed by atoms with Gasteiger partial charge in [0, 0.05) is 17.3 Å². The molecule has 2 unspecified atom stereocenters. The van der Waals surface area contributed by atoms with Gasteiger partial charge in [-0.15, -0.1) is 10.2 Å². The minimum Gasteiger partial charge on any atom is -0.493 e.